The number of ether oxygens (including phenoxy) is 3. The monoisotopic (exact) mass is 504 g/mol. The molecule has 8 nitrogen and oxygen atoms in total. The zero-order valence-electron chi connectivity index (χ0n) is 18.0. The van der Waals surface area contributed by atoms with Gasteiger partial charge in [0.05, 0.1) is 18.3 Å². The van der Waals surface area contributed by atoms with Crippen molar-refractivity contribution in [1.29, 1.82) is 0 Å². The molecule has 1 aliphatic heterocycles. The topological polar surface area (TPSA) is 106 Å². The molecule has 2 atom stereocenters. The van der Waals surface area contributed by atoms with E-state index in [0.29, 0.717) is 35.6 Å². The zero-order valence-corrected chi connectivity index (χ0v) is 18.7. The van der Waals surface area contributed by atoms with Crippen LogP contribution in [0.3, 0.4) is 0 Å². The highest BCUT2D eigenvalue weighted by Crippen LogP contribution is 2.60. The third-order valence-corrected chi connectivity index (χ3v) is 7.19. The molecule has 0 radical (unpaired) electrons. The van der Waals surface area contributed by atoms with Crippen LogP contribution < -0.4 is 15.4 Å². The molecule has 4 fully saturated rings. The van der Waals surface area contributed by atoms with Gasteiger partial charge >= 0.3 is 6.36 Å². The van der Waals surface area contributed by atoms with Crippen molar-refractivity contribution in [3.8, 4) is 5.75 Å². The predicted octanol–water partition coefficient (Wildman–Crippen LogP) is 2.52. The second-order valence-electron chi connectivity index (χ2n) is 9.76. The van der Waals surface area contributed by atoms with E-state index in [1.807, 2.05) is 0 Å². The molecular weight excluding hydrogens is 481 g/mol. The van der Waals surface area contributed by atoms with E-state index in [4.69, 9.17) is 21.1 Å². The molecule has 2 amide bonds. The molecule has 1 heterocycles. The third kappa shape index (κ3) is 4.71. The van der Waals surface area contributed by atoms with Gasteiger partial charge in [0.2, 0.25) is 5.91 Å². The molecule has 6 rings (SSSR count). The van der Waals surface area contributed by atoms with E-state index in [1.165, 1.54) is 0 Å². The summed E-state index contributed by atoms with van der Waals surface area (Å²) < 4.78 is 51.4. The molecule has 186 valence electrons. The lowest BCUT2D eigenvalue weighted by Gasteiger charge is -2.70. The van der Waals surface area contributed by atoms with Crippen molar-refractivity contribution in [3.63, 3.8) is 0 Å². The van der Waals surface area contributed by atoms with E-state index in [0.717, 1.165) is 0 Å². The molecule has 3 N–H and O–H groups in total. The molecular formula is C22H24ClF3N2O6. The molecule has 12 heteroatoms. The van der Waals surface area contributed by atoms with Crippen LogP contribution in [0.1, 0.15) is 50.2 Å². The first-order valence-electron chi connectivity index (χ1n) is 11.1. The molecule has 4 saturated carbocycles. The van der Waals surface area contributed by atoms with E-state index in [9.17, 15) is 27.9 Å². The maximum absolute atomic E-state index is 12.7. The summed E-state index contributed by atoms with van der Waals surface area (Å²) in [5.74, 6) is -0.232. The number of nitrogens with one attached hydrogen (secondary N) is 2. The fraction of sp³-hybridized carbons (Fsp3) is 0.636. The van der Waals surface area contributed by atoms with E-state index in [2.05, 4.69) is 15.4 Å². The largest absolute Gasteiger partial charge is 0.522 e. The Morgan fingerprint density at radius 2 is 1.79 bits per heavy atom. The Kier molecular flexibility index (Phi) is 5.74. The van der Waals surface area contributed by atoms with Gasteiger partial charge in [-0.15, -0.1) is 13.2 Å². The Morgan fingerprint density at radius 1 is 1.12 bits per heavy atom. The van der Waals surface area contributed by atoms with Crippen molar-refractivity contribution in [3.05, 3.63) is 28.8 Å². The first-order chi connectivity index (χ1) is 15.9. The quantitative estimate of drug-likeness (QED) is 0.527. The Balaban J connectivity index is 1.03. The van der Waals surface area contributed by atoms with Crippen LogP contribution >= 0.6 is 11.6 Å². The minimum atomic E-state index is -4.66. The van der Waals surface area contributed by atoms with Crippen molar-refractivity contribution in [1.82, 2.24) is 10.6 Å². The summed E-state index contributed by atoms with van der Waals surface area (Å²) in [5, 5.41) is 16.7. The van der Waals surface area contributed by atoms with E-state index < -0.39 is 41.9 Å². The molecule has 0 saturated heterocycles. The number of halogens is 4. The standard InChI is InChI=1S/C22H24ClF3N2O6/c23-11-1-2-16-14(3-11)15(29)6-17(33-16)19(31)28-21-8-20(9-21,10-21)27-18(30)7-32-12-4-13(5-12)34-22(24,25)26/h1-3,12-13,15,17,29H,4-10H2,(H,27,30)(H,28,31)/t12-,13+,15-,17-,20?,21?/m0/s1. The lowest BCUT2D eigenvalue weighted by molar-refractivity contribution is -0.357. The van der Waals surface area contributed by atoms with Gasteiger partial charge in [-0.2, -0.15) is 0 Å². The normalized spacial score (nSPS) is 35.6. The molecule has 5 aliphatic rings. The van der Waals surface area contributed by atoms with Crippen LogP contribution in [0.2, 0.25) is 5.02 Å². The van der Waals surface area contributed by atoms with Crippen LogP contribution in [0.15, 0.2) is 18.2 Å². The SMILES string of the molecule is O=C(CO[C@H]1C[C@@H](OC(F)(F)F)C1)NC12CC(NC(=O)[C@@H]3C[C@H](O)c4cc(Cl)ccc4O3)(C1)C2. The van der Waals surface area contributed by atoms with Gasteiger partial charge in [-0.05, 0) is 37.5 Å². The second-order valence-corrected chi connectivity index (χ2v) is 10.2. The van der Waals surface area contributed by atoms with Gasteiger partial charge in [0, 0.05) is 40.9 Å². The number of rotatable bonds is 7. The van der Waals surface area contributed by atoms with Gasteiger partial charge in [-0.3, -0.25) is 14.3 Å². The van der Waals surface area contributed by atoms with Crippen molar-refractivity contribution >= 4 is 23.4 Å². The average molecular weight is 505 g/mol. The summed E-state index contributed by atoms with van der Waals surface area (Å²) in [6, 6.07) is 4.87. The average Bonchev–Trinajstić information content (AvgIpc) is 2.66. The fourth-order valence-corrected chi connectivity index (χ4v) is 5.62. The Bertz CT molecular complexity index is 980. The Morgan fingerprint density at radius 3 is 2.47 bits per heavy atom. The number of aliphatic hydroxyl groups excluding tert-OH is 1. The lowest BCUT2D eigenvalue weighted by atomic mass is 9.44. The number of carbonyl (C=O) groups is 2. The number of fused-ring (bicyclic) bond motifs is 1. The molecule has 0 unspecified atom stereocenters. The fourth-order valence-electron chi connectivity index (χ4n) is 5.44. The number of hydrogen-bond acceptors (Lipinski definition) is 6. The van der Waals surface area contributed by atoms with Crippen molar-refractivity contribution in [2.24, 2.45) is 0 Å². The number of aliphatic hydroxyl groups is 1. The first-order valence-corrected chi connectivity index (χ1v) is 11.4. The van der Waals surface area contributed by atoms with E-state index >= 15 is 0 Å². The molecule has 0 aromatic heterocycles. The van der Waals surface area contributed by atoms with Crippen LogP contribution in [0.25, 0.3) is 0 Å². The number of carbonyl (C=O) groups excluding carboxylic acids is 2. The summed E-state index contributed by atoms with van der Waals surface area (Å²) in [7, 11) is 0. The highest BCUT2D eigenvalue weighted by molar-refractivity contribution is 6.30. The smallest absolute Gasteiger partial charge is 0.480 e. The summed E-state index contributed by atoms with van der Waals surface area (Å²) in [6.45, 7) is -0.234. The van der Waals surface area contributed by atoms with Crippen LogP contribution in [-0.2, 0) is 19.1 Å². The van der Waals surface area contributed by atoms with E-state index in [1.54, 1.807) is 18.2 Å². The lowest BCUT2D eigenvalue weighted by Crippen LogP contribution is -2.84. The van der Waals surface area contributed by atoms with Gasteiger partial charge in [-0.1, -0.05) is 11.6 Å². The third-order valence-electron chi connectivity index (χ3n) is 6.96. The van der Waals surface area contributed by atoms with E-state index in [-0.39, 0.29) is 37.7 Å². The minimum Gasteiger partial charge on any atom is -0.480 e. The number of hydrogen-bond donors (Lipinski definition) is 3. The maximum atomic E-state index is 12.7. The number of amides is 2. The van der Waals surface area contributed by atoms with Crippen LogP contribution in [0.5, 0.6) is 5.75 Å². The molecule has 2 bridgehead atoms. The van der Waals surface area contributed by atoms with Gasteiger partial charge in [-0.25, -0.2) is 0 Å². The maximum Gasteiger partial charge on any atom is 0.522 e. The van der Waals surface area contributed by atoms with Crippen LogP contribution in [0.4, 0.5) is 13.2 Å². The van der Waals surface area contributed by atoms with Crippen LogP contribution in [0, 0.1) is 0 Å². The minimum absolute atomic E-state index is 0.0997. The van der Waals surface area contributed by atoms with Crippen molar-refractivity contribution in [2.75, 3.05) is 6.61 Å². The molecule has 4 aliphatic carbocycles. The van der Waals surface area contributed by atoms with Crippen LogP contribution in [-0.4, -0.2) is 59.3 Å². The van der Waals surface area contributed by atoms with Gasteiger partial charge in [0.15, 0.2) is 6.10 Å². The van der Waals surface area contributed by atoms with Gasteiger partial charge < -0.3 is 25.2 Å². The summed E-state index contributed by atoms with van der Waals surface area (Å²) >= 11 is 5.95. The highest BCUT2D eigenvalue weighted by Gasteiger charge is 2.69. The number of benzene rings is 1. The Hall–Kier alpha value is -2.08. The predicted molar refractivity (Wildman–Crippen MR) is 111 cm³/mol. The summed E-state index contributed by atoms with van der Waals surface area (Å²) in [5.41, 5.74) is -0.252. The van der Waals surface area contributed by atoms with Crippen molar-refractivity contribution in [2.45, 2.75) is 80.4 Å². The highest BCUT2D eigenvalue weighted by atomic mass is 35.5. The summed E-state index contributed by atoms with van der Waals surface area (Å²) in [4.78, 5) is 24.9. The molecule has 1 aromatic carbocycles. The zero-order chi connectivity index (χ0) is 24.3. The second kappa shape index (κ2) is 8.25. The van der Waals surface area contributed by atoms with Gasteiger partial charge in [0.25, 0.3) is 5.91 Å². The molecule has 34 heavy (non-hydrogen) atoms. The first kappa shape index (κ1) is 23.7. The molecule has 1 aromatic rings. The Labute approximate surface area is 198 Å². The molecule has 0 spiro atoms. The number of alkyl halides is 3. The van der Waals surface area contributed by atoms with Crippen molar-refractivity contribution < 1.29 is 42.1 Å². The summed E-state index contributed by atoms with van der Waals surface area (Å²) in [6.07, 6.45) is -5.66. The van der Waals surface area contributed by atoms with Gasteiger partial charge in [0.1, 0.15) is 12.4 Å².